The molecule has 0 radical (unpaired) electrons. The molecule has 3 nitrogen and oxygen atoms in total. The van der Waals surface area contributed by atoms with E-state index in [0.717, 1.165) is 34.7 Å². The predicted octanol–water partition coefficient (Wildman–Crippen LogP) is 4.56. The zero-order valence-electron chi connectivity index (χ0n) is 18.8. The molecule has 4 rings (SSSR count). The molecule has 0 aliphatic heterocycles. The number of hydrogen-bond donors (Lipinski definition) is 2. The second-order valence-corrected chi connectivity index (χ2v) is 9.42. The second-order valence-electron chi connectivity index (χ2n) is 8.28. The largest absolute Gasteiger partial charge is 0.399 e. The number of thiophene rings is 1. The maximum Gasteiger partial charge on any atom is 0.256 e. The van der Waals surface area contributed by atoms with E-state index in [1.165, 1.54) is 22.2 Å². The smallest absolute Gasteiger partial charge is 0.256 e. The Labute approximate surface area is 200 Å². The molecule has 4 aromatic rings. The molecule has 0 saturated carbocycles. The van der Waals surface area contributed by atoms with Gasteiger partial charge < -0.3 is 11.1 Å². The summed E-state index contributed by atoms with van der Waals surface area (Å²) in [5.41, 5.74) is 12.9. The average molecular weight is 450 g/mol. The Balaban J connectivity index is 1.42. The Hall–Kier alpha value is -3.57. The molecule has 3 aromatic carbocycles. The highest BCUT2D eigenvalue weighted by Gasteiger charge is 2.15. The van der Waals surface area contributed by atoms with Crippen LogP contribution in [0.2, 0.25) is 0 Å². The van der Waals surface area contributed by atoms with E-state index in [0.29, 0.717) is 11.3 Å². The van der Waals surface area contributed by atoms with Crippen LogP contribution in [0.5, 0.6) is 0 Å². The monoisotopic (exact) mass is 450 g/mol. The first kappa shape index (κ1) is 22.6. The van der Waals surface area contributed by atoms with Gasteiger partial charge in [0.2, 0.25) is 0 Å². The van der Waals surface area contributed by atoms with Gasteiger partial charge in [0.05, 0.1) is 0 Å². The molecule has 0 unspecified atom stereocenters. The lowest BCUT2D eigenvalue weighted by molar-refractivity contribution is 0.102. The van der Waals surface area contributed by atoms with Crippen LogP contribution in [-0.2, 0) is 19.3 Å². The number of rotatable bonds is 8. The van der Waals surface area contributed by atoms with Crippen LogP contribution in [0.25, 0.3) is 5.70 Å². The molecule has 3 N–H and O–H groups in total. The Morgan fingerprint density at radius 3 is 2.09 bits per heavy atom. The standard InChI is InChI=1S/C28H27BN2OS/c1-19(30)26-18-25(17-22-5-3-2-4-6-22)33-28(26)31-27(32)23-13-9-20(10-14-23)7-8-21-11-15-24(29)16-12-21/h2-6,9-16,18H,1,7-8,17,29-30H2,(H,31,32). The molecule has 1 heterocycles. The summed E-state index contributed by atoms with van der Waals surface area (Å²) in [5, 5.41) is 3.77. The minimum atomic E-state index is -0.143. The van der Waals surface area contributed by atoms with Gasteiger partial charge in [0, 0.05) is 28.1 Å². The number of aryl methyl sites for hydroxylation is 2. The zero-order chi connectivity index (χ0) is 23.2. The predicted molar refractivity (Wildman–Crippen MR) is 143 cm³/mol. The van der Waals surface area contributed by atoms with Gasteiger partial charge in [-0.3, -0.25) is 4.79 Å². The lowest BCUT2D eigenvalue weighted by Gasteiger charge is -2.07. The molecular weight excluding hydrogens is 423 g/mol. The summed E-state index contributed by atoms with van der Waals surface area (Å²) in [4.78, 5) is 14.0. The van der Waals surface area contributed by atoms with Gasteiger partial charge in [-0.2, -0.15) is 0 Å². The van der Waals surface area contributed by atoms with E-state index in [-0.39, 0.29) is 5.91 Å². The zero-order valence-corrected chi connectivity index (χ0v) is 19.6. The molecule has 0 fully saturated rings. The van der Waals surface area contributed by atoms with Crippen molar-refractivity contribution in [2.75, 3.05) is 5.32 Å². The minimum absolute atomic E-state index is 0.143. The Morgan fingerprint density at radius 1 is 0.879 bits per heavy atom. The van der Waals surface area contributed by atoms with Gasteiger partial charge in [-0.25, -0.2) is 0 Å². The van der Waals surface area contributed by atoms with Crippen LogP contribution in [0.3, 0.4) is 0 Å². The van der Waals surface area contributed by atoms with Crippen LogP contribution >= 0.6 is 11.3 Å². The molecule has 0 aliphatic carbocycles. The summed E-state index contributed by atoms with van der Waals surface area (Å²) in [5.74, 6) is -0.143. The second kappa shape index (κ2) is 10.4. The number of nitrogens with two attached hydrogens (primary N) is 1. The molecule has 164 valence electrons. The summed E-state index contributed by atoms with van der Waals surface area (Å²) in [6.45, 7) is 3.88. The lowest BCUT2D eigenvalue weighted by atomic mass is 9.94. The number of carbonyl (C=O) groups is 1. The van der Waals surface area contributed by atoms with Gasteiger partial charge in [0.15, 0.2) is 0 Å². The van der Waals surface area contributed by atoms with Crippen LogP contribution in [0.15, 0.2) is 91.5 Å². The van der Waals surface area contributed by atoms with Crippen molar-refractivity contribution in [2.24, 2.45) is 5.73 Å². The number of anilines is 1. The molecule has 0 spiro atoms. The Kier molecular flexibility index (Phi) is 7.11. The van der Waals surface area contributed by atoms with Crippen molar-refractivity contribution in [3.05, 3.63) is 124 Å². The van der Waals surface area contributed by atoms with Crippen LogP contribution in [0, 0.1) is 0 Å². The van der Waals surface area contributed by atoms with Crippen molar-refractivity contribution in [2.45, 2.75) is 19.3 Å². The molecule has 33 heavy (non-hydrogen) atoms. The van der Waals surface area contributed by atoms with Crippen molar-refractivity contribution in [1.82, 2.24) is 0 Å². The molecule has 1 amide bonds. The Morgan fingerprint density at radius 2 is 1.48 bits per heavy atom. The van der Waals surface area contributed by atoms with Crippen LogP contribution in [-0.4, -0.2) is 13.8 Å². The van der Waals surface area contributed by atoms with Gasteiger partial charge in [0.1, 0.15) is 12.8 Å². The molecule has 0 aliphatic rings. The topological polar surface area (TPSA) is 55.1 Å². The molecule has 1 aromatic heterocycles. The van der Waals surface area contributed by atoms with Gasteiger partial charge in [-0.05, 0) is 47.7 Å². The molecule has 0 bridgehead atoms. The van der Waals surface area contributed by atoms with E-state index in [1.54, 1.807) is 11.3 Å². The number of amides is 1. The number of nitrogens with one attached hydrogen (secondary N) is 1. The lowest BCUT2D eigenvalue weighted by Crippen LogP contribution is -2.12. The fourth-order valence-corrected chi connectivity index (χ4v) is 4.82. The molecular formula is C28H27BN2OS. The number of hydrogen-bond acceptors (Lipinski definition) is 3. The third kappa shape index (κ3) is 6.02. The van der Waals surface area contributed by atoms with E-state index in [1.807, 2.05) is 48.5 Å². The summed E-state index contributed by atoms with van der Waals surface area (Å²) in [6, 6.07) is 28.7. The average Bonchev–Trinajstić information content (AvgIpc) is 3.22. The first-order chi connectivity index (χ1) is 16.0. The van der Waals surface area contributed by atoms with Crippen molar-refractivity contribution in [3.63, 3.8) is 0 Å². The van der Waals surface area contributed by atoms with Crippen LogP contribution in [0.1, 0.15) is 37.5 Å². The van der Waals surface area contributed by atoms with Crippen LogP contribution < -0.4 is 16.5 Å². The van der Waals surface area contributed by atoms with Crippen LogP contribution in [0.4, 0.5) is 5.00 Å². The maximum atomic E-state index is 12.9. The number of benzene rings is 3. The van der Waals surface area contributed by atoms with E-state index in [4.69, 9.17) is 5.73 Å². The first-order valence-corrected chi connectivity index (χ1v) is 11.9. The minimum Gasteiger partial charge on any atom is -0.399 e. The normalized spacial score (nSPS) is 10.7. The number of carbonyl (C=O) groups excluding carboxylic acids is 1. The highest BCUT2D eigenvalue weighted by atomic mass is 32.1. The van der Waals surface area contributed by atoms with E-state index < -0.39 is 0 Å². The van der Waals surface area contributed by atoms with Gasteiger partial charge in [0.25, 0.3) is 5.91 Å². The SMILES string of the molecule is Bc1ccc(CCc2ccc(C(=O)Nc3sc(Cc4ccccc4)cc3C(=C)N)cc2)cc1. The maximum absolute atomic E-state index is 12.9. The third-order valence-electron chi connectivity index (χ3n) is 5.62. The summed E-state index contributed by atoms with van der Waals surface area (Å²) in [6.07, 6.45) is 2.71. The van der Waals surface area contributed by atoms with Gasteiger partial charge in [-0.15, -0.1) is 11.3 Å². The quantitative estimate of drug-likeness (QED) is 0.387. The van der Waals surface area contributed by atoms with Gasteiger partial charge >= 0.3 is 0 Å². The molecule has 0 atom stereocenters. The summed E-state index contributed by atoms with van der Waals surface area (Å²) >= 11 is 1.54. The van der Waals surface area contributed by atoms with Gasteiger partial charge in [-0.1, -0.05) is 78.8 Å². The first-order valence-electron chi connectivity index (χ1n) is 11.0. The third-order valence-corrected chi connectivity index (χ3v) is 6.67. The van der Waals surface area contributed by atoms with Crippen molar-refractivity contribution in [3.8, 4) is 0 Å². The van der Waals surface area contributed by atoms with E-state index >= 15 is 0 Å². The fraction of sp³-hybridized carbons (Fsp3) is 0.107. The Bertz CT molecular complexity index is 1250. The van der Waals surface area contributed by atoms with Crippen molar-refractivity contribution >= 4 is 41.3 Å². The fourth-order valence-electron chi connectivity index (χ4n) is 3.70. The highest BCUT2D eigenvalue weighted by Crippen LogP contribution is 2.33. The van der Waals surface area contributed by atoms with Crippen molar-refractivity contribution < 1.29 is 4.79 Å². The molecule has 0 saturated heterocycles. The summed E-state index contributed by atoms with van der Waals surface area (Å²) < 4.78 is 0. The van der Waals surface area contributed by atoms with E-state index in [2.05, 4.69) is 56.1 Å². The highest BCUT2D eigenvalue weighted by molar-refractivity contribution is 7.16. The molecule has 5 heteroatoms. The summed E-state index contributed by atoms with van der Waals surface area (Å²) in [7, 11) is 2.10. The van der Waals surface area contributed by atoms with E-state index in [9.17, 15) is 4.79 Å². The van der Waals surface area contributed by atoms with Crippen molar-refractivity contribution in [1.29, 1.82) is 0 Å².